The van der Waals surface area contributed by atoms with E-state index < -0.39 is 12.0 Å². The monoisotopic (exact) mass is 321 g/mol. The molecule has 0 bridgehead atoms. The number of hydrogen-bond acceptors (Lipinski definition) is 4. The van der Waals surface area contributed by atoms with E-state index in [1.165, 1.54) is 0 Å². The molecule has 2 aliphatic rings. The second kappa shape index (κ2) is 6.31. The van der Waals surface area contributed by atoms with E-state index >= 15 is 0 Å². The van der Waals surface area contributed by atoms with Crippen molar-refractivity contribution in [2.24, 2.45) is 5.92 Å². The maximum absolute atomic E-state index is 13.0. The first kappa shape index (κ1) is 16.0. The summed E-state index contributed by atoms with van der Waals surface area (Å²) in [4.78, 5) is 30.3. The first-order valence-corrected chi connectivity index (χ1v) is 8.22. The van der Waals surface area contributed by atoms with Crippen LogP contribution in [0.25, 0.3) is 0 Å². The van der Waals surface area contributed by atoms with Crippen LogP contribution in [0.3, 0.4) is 0 Å². The van der Waals surface area contributed by atoms with Crippen LogP contribution in [0, 0.1) is 5.92 Å². The Labute approximate surface area is 135 Å². The van der Waals surface area contributed by atoms with E-state index in [0.29, 0.717) is 13.0 Å². The molecule has 1 amide bonds. The molecule has 1 aromatic rings. The smallest absolute Gasteiger partial charge is 0.326 e. The van der Waals surface area contributed by atoms with Crippen molar-refractivity contribution in [2.45, 2.75) is 57.8 Å². The Morgan fingerprint density at radius 2 is 2.22 bits per heavy atom. The summed E-state index contributed by atoms with van der Waals surface area (Å²) in [7, 11) is 0. The first-order chi connectivity index (χ1) is 11.0. The van der Waals surface area contributed by atoms with E-state index in [4.69, 9.17) is 4.74 Å². The fraction of sp³-hybridized carbons (Fsp3) is 0.688. The average molecular weight is 321 g/mol. The lowest BCUT2D eigenvalue weighted by molar-refractivity contribution is -0.153. The zero-order chi connectivity index (χ0) is 16.6. The molecule has 1 aromatic heterocycles. The van der Waals surface area contributed by atoms with Gasteiger partial charge in [-0.25, -0.2) is 9.78 Å². The van der Waals surface area contributed by atoms with E-state index in [9.17, 15) is 14.7 Å². The highest BCUT2D eigenvalue weighted by molar-refractivity contribution is 5.86. The molecule has 0 spiro atoms. The van der Waals surface area contributed by atoms with Gasteiger partial charge in [0.25, 0.3) is 0 Å². The lowest BCUT2D eigenvalue weighted by atomic mass is 9.98. The number of carbonyl (C=O) groups excluding carboxylic acids is 1. The van der Waals surface area contributed by atoms with Crippen molar-refractivity contribution in [1.29, 1.82) is 0 Å². The summed E-state index contributed by atoms with van der Waals surface area (Å²) in [6, 6.07) is -0.747. The van der Waals surface area contributed by atoms with Gasteiger partial charge in [-0.15, -0.1) is 0 Å². The Balaban J connectivity index is 1.83. The number of ether oxygens (including phenoxy) is 1. The van der Waals surface area contributed by atoms with Gasteiger partial charge in [0.05, 0.1) is 5.92 Å². The molecule has 0 aromatic carbocycles. The first-order valence-electron chi connectivity index (χ1n) is 8.22. The van der Waals surface area contributed by atoms with Crippen LogP contribution in [0.5, 0.6) is 0 Å². The largest absolute Gasteiger partial charge is 0.480 e. The number of carboxylic acid groups (broad SMARTS) is 1. The Morgan fingerprint density at radius 1 is 1.48 bits per heavy atom. The summed E-state index contributed by atoms with van der Waals surface area (Å²) in [6.07, 6.45) is 5.56. The fourth-order valence-electron chi connectivity index (χ4n) is 3.29. The third-order valence-corrected chi connectivity index (χ3v) is 4.72. The molecule has 7 nitrogen and oxygen atoms in total. The summed E-state index contributed by atoms with van der Waals surface area (Å²) in [5.41, 5.74) is 0. The van der Waals surface area contributed by atoms with Crippen LogP contribution in [0.4, 0.5) is 0 Å². The Morgan fingerprint density at radius 3 is 2.83 bits per heavy atom. The van der Waals surface area contributed by atoms with Gasteiger partial charge in [-0.2, -0.15) is 0 Å². The van der Waals surface area contributed by atoms with E-state index in [-0.39, 0.29) is 24.0 Å². The summed E-state index contributed by atoms with van der Waals surface area (Å²) in [6.45, 7) is 4.85. The minimum Gasteiger partial charge on any atom is -0.480 e. The molecular weight excluding hydrogens is 298 g/mol. The van der Waals surface area contributed by atoms with Crippen LogP contribution in [0.1, 0.15) is 45.0 Å². The van der Waals surface area contributed by atoms with Crippen molar-refractivity contribution >= 4 is 11.9 Å². The molecule has 7 heteroatoms. The third kappa shape index (κ3) is 2.97. The number of aryl methyl sites for hydroxylation is 1. The van der Waals surface area contributed by atoms with Gasteiger partial charge >= 0.3 is 5.97 Å². The molecule has 1 aliphatic heterocycles. The summed E-state index contributed by atoms with van der Waals surface area (Å²) >= 11 is 0. The van der Waals surface area contributed by atoms with Crippen molar-refractivity contribution < 1.29 is 19.4 Å². The number of aromatic nitrogens is 2. The molecule has 1 saturated heterocycles. The van der Waals surface area contributed by atoms with Gasteiger partial charge < -0.3 is 19.3 Å². The molecular formula is C16H23N3O4. The highest BCUT2D eigenvalue weighted by atomic mass is 16.5. The minimum absolute atomic E-state index is 0.0563. The summed E-state index contributed by atoms with van der Waals surface area (Å²) in [5.74, 6) is -0.682. The number of hydrogen-bond donors (Lipinski definition) is 1. The summed E-state index contributed by atoms with van der Waals surface area (Å²) in [5, 5.41) is 9.31. The van der Waals surface area contributed by atoms with E-state index in [1.54, 1.807) is 18.0 Å². The lowest BCUT2D eigenvalue weighted by Crippen LogP contribution is -2.48. The van der Waals surface area contributed by atoms with Crippen LogP contribution in [-0.2, 0) is 20.9 Å². The molecule has 3 atom stereocenters. The van der Waals surface area contributed by atoms with Crippen molar-refractivity contribution in [3.63, 3.8) is 0 Å². The van der Waals surface area contributed by atoms with Gasteiger partial charge in [0.2, 0.25) is 5.91 Å². The second-order valence-corrected chi connectivity index (χ2v) is 6.25. The normalized spacial score (nSPS) is 25.3. The number of imidazole rings is 1. The Kier molecular flexibility index (Phi) is 4.39. The van der Waals surface area contributed by atoms with Crippen molar-refractivity contribution in [3.05, 3.63) is 18.2 Å². The predicted molar refractivity (Wildman–Crippen MR) is 81.7 cm³/mol. The maximum Gasteiger partial charge on any atom is 0.326 e. The van der Waals surface area contributed by atoms with Gasteiger partial charge in [0.15, 0.2) is 0 Å². The predicted octanol–water partition coefficient (Wildman–Crippen LogP) is 1.44. The number of amides is 1. The lowest BCUT2D eigenvalue weighted by Gasteiger charge is -2.30. The number of carboxylic acids is 1. The van der Waals surface area contributed by atoms with Gasteiger partial charge in [-0.05, 0) is 33.1 Å². The molecule has 1 saturated carbocycles. The Hall–Kier alpha value is -1.89. The zero-order valence-corrected chi connectivity index (χ0v) is 13.5. The fourth-order valence-corrected chi connectivity index (χ4v) is 3.29. The standard InChI is InChI=1S/C16H23N3O4/c1-3-18-8-7-17-14(18)13-12(6-9-23-13)15(20)19(11-4-5-11)10(2)16(21)22/h7-8,10-13H,3-6,9H2,1-2H3,(H,21,22)/t10?,12-,13-/m1/s1. The van der Waals surface area contributed by atoms with Gasteiger partial charge in [0.1, 0.15) is 18.0 Å². The van der Waals surface area contributed by atoms with Crippen LogP contribution in [0.2, 0.25) is 0 Å². The van der Waals surface area contributed by atoms with Crippen LogP contribution >= 0.6 is 0 Å². The Bertz CT molecular complexity index is 596. The van der Waals surface area contributed by atoms with Crippen LogP contribution in [0.15, 0.2) is 12.4 Å². The molecule has 0 radical (unpaired) electrons. The molecule has 1 aliphatic carbocycles. The number of aliphatic carboxylic acids is 1. The molecule has 23 heavy (non-hydrogen) atoms. The van der Waals surface area contributed by atoms with Crippen molar-refractivity contribution in [3.8, 4) is 0 Å². The molecule has 126 valence electrons. The maximum atomic E-state index is 13.0. The van der Waals surface area contributed by atoms with Crippen LogP contribution < -0.4 is 0 Å². The van der Waals surface area contributed by atoms with E-state index in [1.807, 2.05) is 17.7 Å². The average Bonchev–Trinajstić information content (AvgIpc) is 3.06. The van der Waals surface area contributed by atoms with Gasteiger partial charge in [-0.3, -0.25) is 4.79 Å². The minimum atomic E-state index is -0.962. The zero-order valence-electron chi connectivity index (χ0n) is 13.5. The SMILES string of the molecule is CCn1ccnc1[C@@H]1OCC[C@H]1C(=O)N(C1CC1)C(C)C(=O)O. The second-order valence-electron chi connectivity index (χ2n) is 6.25. The summed E-state index contributed by atoms with van der Waals surface area (Å²) < 4.78 is 7.76. The highest BCUT2D eigenvalue weighted by Gasteiger charge is 2.46. The topological polar surface area (TPSA) is 84.7 Å². The quantitative estimate of drug-likeness (QED) is 0.857. The van der Waals surface area contributed by atoms with Gasteiger partial charge in [-0.1, -0.05) is 0 Å². The molecule has 1 unspecified atom stereocenters. The van der Waals surface area contributed by atoms with Gasteiger partial charge in [0, 0.05) is 31.6 Å². The van der Waals surface area contributed by atoms with Crippen molar-refractivity contribution in [1.82, 2.24) is 14.5 Å². The number of carbonyl (C=O) groups is 2. The van der Waals surface area contributed by atoms with Crippen LogP contribution in [-0.4, -0.2) is 50.1 Å². The third-order valence-electron chi connectivity index (χ3n) is 4.72. The molecule has 1 N–H and O–H groups in total. The molecule has 2 fully saturated rings. The molecule has 2 heterocycles. The van der Waals surface area contributed by atoms with E-state index in [2.05, 4.69) is 4.98 Å². The highest BCUT2D eigenvalue weighted by Crippen LogP contribution is 2.38. The number of rotatable bonds is 6. The number of nitrogens with zero attached hydrogens (tertiary/aromatic N) is 3. The molecule has 3 rings (SSSR count). The van der Waals surface area contributed by atoms with E-state index in [0.717, 1.165) is 25.2 Å². The van der Waals surface area contributed by atoms with Crippen molar-refractivity contribution in [2.75, 3.05) is 6.61 Å².